The van der Waals surface area contributed by atoms with Crippen molar-refractivity contribution in [1.29, 1.82) is 0 Å². The van der Waals surface area contributed by atoms with E-state index >= 15 is 0 Å². The number of aromatic amines is 1. The van der Waals surface area contributed by atoms with E-state index in [0.717, 1.165) is 10.9 Å². The largest absolute Gasteiger partial charge is 0.480 e. The lowest BCUT2D eigenvalue weighted by Crippen LogP contribution is -2.56. The molecule has 202 valence electrons. The van der Waals surface area contributed by atoms with Gasteiger partial charge in [0, 0.05) is 29.9 Å². The van der Waals surface area contributed by atoms with Crippen molar-refractivity contribution in [3.63, 3.8) is 0 Å². The van der Waals surface area contributed by atoms with Gasteiger partial charge in [-0.3, -0.25) is 24.0 Å². The molecule has 2 rings (SSSR count). The highest BCUT2D eigenvalue weighted by molar-refractivity contribution is 5.94. The lowest BCUT2D eigenvalue weighted by atomic mass is 10.0. The van der Waals surface area contributed by atoms with Gasteiger partial charge in [0.25, 0.3) is 0 Å². The maximum Gasteiger partial charge on any atom is 0.322 e. The van der Waals surface area contributed by atoms with Crippen LogP contribution in [0.5, 0.6) is 0 Å². The number of carbonyl (C=O) groups excluding carboxylic acids is 4. The van der Waals surface area contributed by atoms with Crippen LogP contribution < -0.4 is 33.2 Å². The number of hydrogen-bond acceptors (Lipinski definition) is 7. The van der Waals surface area contributed by atoms with Gasteiger partial charge in [-0.15, -0.1) is 0 Å². The summed E-state index contributed by atoms with van der Waals surface area (Å²) in [5.74, 6) is -3.97. The third-order valence-electron chi connectivity index (χ3n) is 5.76. The van der Waals surface area contributed by atoms with E-state index in [9.17, 15) is 24.0 Å². The third-order valence-corrected chi connectivity index (χ3v) is 5.76. The van der Waals surface area contributed by atoms with Gasteiger partial charge in [-0.25, -0.2) is 0 Å². The summed E-state index contributed by atoms with van der Waals surface area (Å²) in [6.07, 6.45) is 3.09. The molecule has 2 aromatic rings. The van der Waals surface area contributed by atoms with Crippen LogP contribution in [0.1, 0.15) is 37.7 Å². The molecule has 0 aliphatic heterocycles. The number of benzene rings is 1. The summed E-state index contributed by atoms with van der Waals surface area (Å²) in [6, 6.07) is 4.10. The Bertz CT molecular complexity index is 1100. The topological polar surface area (TPSA) is 236 Å². The van der Waals surface area contributed by atoms with Gasteiger partial charge < -0.3 is 43.2 Å². The number of hydrogen-bond donors (Lipinski definition) is 8. The summed E-state index contributed by atoms with van der Waals surface area (Å²) in [5, 5.41) is 17.2. The molecule has 0 spiro atoms. The van der Waals surface area contributed by atoms with Crippen LogP contribution in [0.25, 0.3) is 10.9 Å². The quantitative estimate of drug-likeness (QED) is 0.123. The number of para-hydroxylation sites is 1. The first-order chi connectivity index (χ1) is 17.6. The van der Waals surface area contributed by atoms with E-state index in [2.05, 4.69) is 20.9 Å². The van der Waals surface area contributed by atoms with E-state index in [1.54, 1.807) is 6.20 Å². The maximum absolute atomic E-state index is 13.2. The van der Waals surface area contributed by atoms with Gasteiger partial charge >= 0.3 is 5.97 Å². The van der Waals surface area contributed by atoms with Gasteiger partial charge in [0.2, 0.25) is 23.6 Å². The summed E-state index contributed by atoms with van der Waals surface area (Å²) in [6.45, 7) is -0.182. The molecule has 0 bridgehead atoms. The highest BCUT2D eigenvalue weighted by Gasteiger charge is 2.29. The Morgan fingerprint density at radius 1 is 0.946 bits per heavy atom. The number of nitrogens with two attached hydrogens (primary N) is 3. The number of carboxylic acid groups (broad SMARTS) is 1. The zero-order valence-corrected chi connectivity index (χ0v) is 20.5. The van der Waals surface area contributed by atoms with Crippen LogP contribution in [0.4, 0.5) is 0 Å². The van der Waals surface area contributed by atoms with Gasteiger partial charge in [-0.05, 0) is 37.4 Å². The maximum atomic E-state index is 13.2. The molecule has 0 saturated carbocycles. The molecule has 0 aliphatic rings. The monoisotopic (exact) mass is 517 g/mol. The minimum Gasteiger partial charge on any atom is -0.480 e. The first-order valence-electron chi connectivity index (χ1n) is 12.0. The second-order valence-corrected chi connectivity index (χ2v) is 8.69. The molecule has 37 heavy (non-hydrogen) atoms. The van der Waals surface area contributed by atoms with Gasteiger partial charge in [0.15, 0.2) is 0 Å². The van der Waals surface area contributed by atoms with E-state index < -0.39 is 54.3 Å². The molecule has 0 radical (unpaired) electrons. The van der Waals surface area contributed by atoms with Crippen LogP contribution in [0.3, 0.4) is 0 Å². The van der Waals surface area contributed by atoms with Gasteiger partial charge in [0.1, 0.15) is 18.6 Å². The Balaban J connectivity index is 2.20. The molecule has 13 heteroatoms. The second kappa shape index (κ2) is 14.6. The average Bonchev–Trinajstić information content (AvgIpc) is 3.27. The number of aliphatic carboxylic acids is 1. The van der Waals surface area contributed by atoms with Gasteiger partial charge in [-0.1, -0.05) is 24.6 Å². The Morgan fingerprint density at radius 2 is 1.65 bits per heavy atom. The first-order valence-corrected chi connectivity index (χ1v) is 12.0. The second-order valence-electron chi connectivity index (χ2n) is 8.69. The molecule has 1 aromatic heterocycles. The number of aromatic nitrogens is 1. The summed E-state index contributed by atoms with van der Waals surface area (Å²) in [7, 11) is 0. The SMILES string of the molecule is NCCCCC(N)C(=O)NC(CCC(N)=O)C(=O)NC(Cc1c[nH]c2ccccc12)C(=O)NCC(=O)O. The third kappa shape index (κ3) is 9.54. The van der Waals surface area contributed by atoms with Crippen molar-refractivity contribution in [1.82, 2.24) is 20.9 Å². The molecule has 1 aromatic carbocycles. The number of carboxylic acids is 1. The molecule has 3 atom stereocenters. The highest BCUT2D eigenvalue weighted by Crippen LogP contribution is 2.19. The molecule has 13 nitrogen and oxygen atoms in total. The van der Waals surface area contributed by atoms with Crippen LogP contribution in [0, 0.1) is 0 Å². The number of nitrogens with one attached hydrogen (secondary N) is 4. The van der Waals surface area contributed by atoms with Crippen molar-refractivity contribution in [2.45, 2.75) is 56.7 Å². The molecular formula is C24H35N7O6. The number of unbranched alkanes of at least 4 members (excludes halogenated alkanes) is 1. The lowest BCUT2D eigenvalue weighted by molar-refractivity contribution is -0.138. The fourth-order valence-electron chi connectivity index (χ4n) is 3.76. The van der Waals surface area contributed by atoms with Crippen molar-refractivity contribution >= 4 is 40.5 Å². The number of amides is 4. The molecule has 4 amide bonds. The number of H-pyrrole nitrogens is 1. The van der Waals surface area contributed by atoms with E-state index in [1.807, 2.05) is 24.3 Å². The van der Waals surface area contributed by atoms with Crippen molar-refractivity contribution in [3.8, 4) is 0 Å². The summed E-state index contributed by atoms with van der Waals surface area (Å²) >= 11 is 0. The normalized spacial score (nSPS) is 13.4. The zero-order valence-electron chi connectivity index (χ0n) is 20.5. The Labute approximate surface area is 213 Å². The molecule has 0 saturated heterocycles. The number of primary amides is 1. The predicted molar refractivity (Wildman–Crippen MR) is 136 cm³/mol. The first kappa shape index (κ1) is 29.3. The highest BCUT2D eigenvalue weighted by atomic mass is 16.4. The van der Waals surface area contributed by atoms with E-state index in [1.165, 1.54) is 0 Å². The van der Waals surface area contributed by atoms with Crippen molar-refractivity contribution < 1.29 is 29.1 Å². The fourth-order valence-corrected chi connectivity index (χ4v) is 3.76. The molecule has 0 aliphatic carbocycles. The minimum atomic E-state index is -1.25. The van der Waals surface area contributed by atoms with Crippen LogP contribution in [-0.2, 0) is 30.4 Å². The molecule has 1 heterocycles. The number of rotatable bonds is 16. The molecule has 0 fully saturated rings. The van der Waals surface area contributed by atoms with Gasteiger partial charge in [0.05, 0.1) is 6.04 Å². The Kier molecular flexibility index (Phi) is 11.5. The lowest BCUT2D eigenvalue weighted by Gasteiger charge is -2.24. The molecular weight excluding hydrogens is 482 g/mol. The van der Waals surface area contributed by atoms with E-state index in [4.69, 9.17) is 22.3 Å². The van der Waals surface area contributed by atoms with Crippen LogP contribution in [-0.4, -0.2) is 70.9 Å². The summed E-state index contributed by atoms with van der Waals surface area (Å²) < 4.78 is 0. The van der Waals surface area contributed by atoms with Crippen molar-refractivity contribution in [3.05, 3.63) is 36.0 Å². The smallest absolute Gasteiger partial charge is 0.322 e. The average molecular weight is 518 g/mol. The summed E-state index contributed by atoms with van der Waals surface area (Å²) in [5.41, 5.74) is 18.2. The van der Waals surface area contributed by atoms with E-state index in [-0.39, 0.29) is 19.3 Å². The van der Waals surface area contributed by atoms with Crippen molar-refractivity contribution in [2.75, 3.05) is 13.1 Å². The van der Waals surface area contributed by atoms with Crippen LogP contribution in [0.2, 0.25) is 0 Å². The Hall–Kier alpha value is -3.97. The number of carbonyl (C=O) groups is 5. The number of fused-ring (bicyclic) bond motifs is 1. The predicted octanol–water partition coefficient (Wildman–Crippen LogP) is -1.40. The molecule has 3 unspecified atom stereocenters. The van der Waals surface area contributed by atoms with E-state index in [0.29, 0.717) is 31.4 Å². The van der Waals surface area contributed by atoms with Crippen LogP contribution in [0.15, 0.2) is 30.5 Å². The molecule has 11 N–H and O–H groups in total. The minimum absolute atomic E-state index is 0.0380. The standard InChI is InChI=1S/C24H35N7O6/c25-10-4-3-6-16(26)22(35)30-18(8-9-20(27)32)24(37)31-19(23(36)29-13-21(33)34)11-14-12-28-17-7-2-1-5-15(14)17/h1-2,5,7,12,16,18-19,28H,3-4,6,8-11,13,25-26H2,(H2,27,32)(H,29,36)(H,30,35)(H,31,37)(H,33,34). The summed E-state index contributed by atoms with van der Waals surface area (Å²) in [4.78, 5) is 64.0. The van der Waals surface area contributed by atoms with Crippen molar-refractivity contribution in [2.24, 2.45) is 17.2 Å². The Morgan fingerprint density at radius 3 is 2.32 bits per heavy atom. The fraction of sp³-hybridized carbons (Fsp3) is 0.458. The van der Waals surface area contributed by atoms with Crippen LogP contribution >= 0.6 is 0 Å². The zero-order chi connectivity index (χ0) is 27.4. The van der Waals surface area contributed by atoms with Gasteiger partial charge in [-0.2, -0.15) is 0 Å².